The largest absolute Gasteiger partial charge is 0.354 e. The van der Waals surface area contributed by atoms with Gasteiger partial charge in [-0.25, -0.2) is 9.78 Å². The molecule has 1 amide bonds. The Bertz CT molecular complexity index is 1060. The highest BCUT2D eigenvalue weighted by Crippen LogP contribution is 2.05. The Morgan fingerprint density at radius 2 is 2.00 bits per heavy atom. The molecule has 0 spiro atoms. The van der Waals surface area contributed by atoms with E-state index < -0.39 is 11.2 Å². The number of amides is 1. The summed E-state index contributed by atoms with van der Waals surface area (Å²) < 4.78 is 4.35. The zero-order valence-corrected chi connectivity index (χ0v) is 14.8. The lowest BCUT2D eigenvalue weighted by atomic mass is 10.2. The maximum atomic E-state index is 12.5. The molecule has 0 saturated heterocycles. The summed E-state index contributed by atoms with van der Waals surface area (Å²) in [6, 6.07) is 6.86. The quantitative estimate of drug-likeness (QED) is 0.649. The predicted molar refractivity (Wildman–Crippen MR) is 98.0 cm³/mol. The van der Waals surface area contributed by atoms with Crippen molar-refractivity contribution >= 4 is 16.8 Å². The Kier molecular flexibility index (Phi) is 5.01. The van der Waals surface area contributed by atoms with Gasteiger partial charge in [0, 0.05) is 32.5 Å². The van der Waals surface area contributed by atoms with E-state index in [0.717, 1.165) is 23.4 Å². The number of fused-ring (bicyclic) bond motifs is 1. The maximum absolute atomic E-state index is 12.5. The van der Waals surface area contributed by atoms with Crippen molar-refractivity contribution in [3.63, 3.8) is 0 Å². The zero-order valence-electron chi connectivity index (χ0n) is 14.8. The van der Waals surface area contributed by atoms with Crippen molar-refractivity contribution in [3.05, 3.63) is 63.3 Å². The number of nitrogens with zero attached hydrogens (tertiary/aromatic N) is 4. The Hall–Kier alpha value is -3.16. The van der Waals surface area contributed by atoms with Crippen LogP contribution in [0.15, 0.2) is 46.2 Å². The van der Waals surface area contributed by atoms with Crippen molar-refractivity contribution in [2.75, 3.05) is 6.54 Å². The average molecular weight is 355 g/mol. The van der Waals surface area contributed by atoms with E-state index in [-0.39, 0.29) is 12.5 Å². The summed E-state index contributed by atoms with van der Waals surface area (Å²) in [5.74, 6) is 0.560. The molecule has 136 valence electrons. The number of carbonyl (C=O) groups is 1. The third kappa shape index (κ3) is 3.44. The molecular weight excluding hydrogens is 334 g/mol. The Morgan fingerprint density at radius 1 is 1.23 bits per heavy atom. The van der Waals surface area contributed by atoms with Crippen LogP contribution in [-0.4, -0.2) is 31.1 Å². The molecule has 2 aromatic heterocycles. The standard InChI is InChI=1S/C18H21N5O3/c1-13-19-9-11-22(13)10-5-8-20-16(24)12-23-17(25)14-6-3-4-7-15(14)21(2)18(23)26/h3-4,6-7,9,11H,5,8,10,12H2,1-2H3,(H,20,24). The van der Waals surface area contributed by atoms with Crippen molar-refractivity contribution in [3.8, 4) is 0 Å². The first kappa shape index (κ1) is 17.7. The number of carbonyl (C=O) groups excluding carboxylic acids is 1. The minimum atomic E-state index is -0.502. The lowest BCUT2D eigenvalue weighted by molar-refractivity contribution is -0.121. The number of aromatic nitrogens is 4. The van der Waals surface area contributed by atoms with Gasteiger partial charge < -0.3 is 9.88 Å². The number of imidazole rings is 1. The maximum Gasteiger partial charge on any atom is 0.331 e. The van der Waals surface area contributed by atoms with Crippen LogP contribution in [0.4, 0.5) is 0 Å². The van der Waals surface area contributed by atoms with Crippen molar-refractivity contribution < 1.29 is 4.79 Å². The molecule has 1 aromatic carbocycles. The van der Waals surface area contributed by atoms with Crippen molar-refractivity contribution in [2.45, 2.75) is 26.4 Å². The predicted octanol–water partition coefficient (Wildman–Crippen LogP) is 0.412. The van der Waals surface area contributed by atoms with E-state index >= 15 is 0 Å². The van der Waals surface area contributed by atoms with Gasteiger partial charge >= 0.3 is 5.69 Å². The Balaban J connectivity index is 1.67. The summed E-state index contributed by atoms with van der Waals surface area (Å²) in [7, 11) is 1.59. The van der Waals surface area contributed by atoms with E-state index in [1.54, 1.807) is 37.5 Å². The van der Waals surface area contributed by atoms with Crippen LogP contribution in [0.3, 0.4) is 0 Å². The lowest BCUT2D eigenvalue weighted by Crippen LogP contribution is -2.43. The van der Waals surface area contributed by atoms with E-state index in [0.29, 0.717) is 17.4 Å². The van der Waals surface area contributed by atoms with Gasteiger partial charge in [-0.1, -0.05) is 12.1 Å². The molecule has 0 fully saturated rings. The fourth-order valence-corrected chi connectivity index (χ4v) is 2.92. The molecule has 26 heavy (non-hydrogen) atoms. The normalized spacial score (nSPS) is 11.0. The van der Waals surface area contributed by atoms with Gasteiger partial charge in [-0.2, -0.15) is 0 Å². The van der Waals surface area contributed by atoms with Crippen LogP contribution in [0.5, 0.6) is 0 Å². The molecule has 0 saturated carbocycles. The summed E-state index contributed by atoms with van der Waals surface area (Å²) in [5, 5.41) is 3.17. The van der Waals surface area contributed by atoms with Crippen molar-refractivity contribution in [2.24, 2.45) is 7.05 Å². The smallest absolute Gasteiger partial charge is 0.331 e. The molecule has 8 nitrogen and oxygen atoms in total. The van der Waals surface area contributed by atoms with Gasteiger partial charge in [0.05, 0.1) is 10.9 Å². The summed E-state index contributed by atoms with van der Waals surface area (Å²) >= 11 is 0. The van der Waals surface area contributed by atoms with E-state index in [1.807, 2.05) is 17.7 Å². The molecule has 0 aliphatic carbocycles. The summed E-state index contributed by atoms with van der Waals surface area (Å²) in [6.45, 7) is 2.82. The fraction of sp³-hybridized carbons (Fsp3) is 0.333. The van der Waals surface area contributed by atoms with Crippen LogP contribution >= 0.6 is 0 Å². The number of rotatable bonds is 6. The second-order valence-electron chi connectivity index (χ2n) is 6.12. The molecule has 2 heterocycles. The Labute approximate surface area is 149 Å². The molecule has 0 atom stereocenters. The third-order valence-corrected chi connectivity index (χ3v) is 4.38. The molecule has 0 aliphatic rings. The van der Waals surface area contributed by atoms with Gasteiger partial charge in [0.15, 0.2) is 0 Å². The van der Waals surface area contributed by atoms with E-state index in [4.69, 9.17) is 0 Å². The first-order valence-electron chi connectivity index (χ1n) is 8.42. The SMILES string of the molecule is Cc1nccn1CCCNC(=O)Cn1c(=O)c2ccccc2n(C)c1=O. The van der Waals surface area contributed by atoms with Crippen LogP contribution in [0.1, 0.15) is 12.2 Å². The second kappa shape index (κ2) is 7.38. The van der Waals surface area contributed by atoms with E-state index in [9.17, 15) is 14.4 Å². The summed E-state index contributed by atoms with van der Waals surface area (Å²) in [4.78, 5) is 41.2. The summed E-state index contributed by atoms with van der Waals surface area (Å²) in [6.07, 6.45) is 4.35. The molecule has 3 rings (SSSR count). The zero-order chi connectivity index (χ0) is 18.7. The fourth-order valence-electron chi connectivity index (χ4n) is 2.92. The van der Waals surface area contributed by atoms with Crippen LogP contribution in [0.25, 0.3) is 10.9 Å². The average Bonchev–Trinajstić information content (AvgIpc) is 3.05. The van der Waals surface area contributed by atoms with Gasteiger partial charge in [-0.15, -0.1) is 0 Å². The topological polar surface area (TPSA) is 90.9 Å². The molecule has 0 bridgehead atoms. The first-order valence-corrected chi connectivity index (χ1v) is 8.42. The van der Waals surface area contributed by atoms with Gasteiger partial charge in [0.2, 0.25) is 5.91 Å². The molecule has 0 aliphatic heterocycles. The number of para-hydroxylation sites is 1. The highest BCUT2D eigenvalue weighted by Gasteiger charge is 2.13. The number of hydrogen-bond acceptors (Lipinski definition) is 4. The number of nitrogens with one attached hydrogen (secondary N) is 1. The first-order chi connectivity index (χ1) is 12.5. The number of benzene rings is 1. The van der Waals surface area contributed by atoms with Crippen LogP contribution in [0, 0.1) is 6.92 Å². The lowest BCUT2D eigenvalue weighted by Gasteiger charge is -2.11. The molecule has 3 aromatic rings. The van der Waals surface area contributed by atoms with Gasteiger partial charge in [0.25, 0.3) is 5.56 Å². The van der Waals surface area contributed by atoms with Crippen LogP contribution < -0.4 is 16.6 Å². The van der Waals surface area contributed by atoms with E-state index in [2.05, 4.69) is 10.3 Å². The minimum Gasteiger partial charge on any atom is -0.354 e. The highest BCUT2D eigenvalue weighted by molar-refractivity contribution is 5.79. The molecule has 0 unspecified atom stereocenters. The number of aryl methyl sites for hydroxylation is 3. The Morgan fingerprint density at radius 3 is 2.73 bits per heavy atom. The minimum absolute atomic E-state index is 0.291. The monoisotopic (exact) mass is 355 g/mol. The third-order valence-electron chi connectivity index (χ3n) is 4.38. The van der Waals surface area contributed by atoms with Crippen molar-refractivity contribution in [1.82, 2.24) is 24.0 Å². The summed E-state index contributed by atoms with van der Waals surface area (Å²) in [5.41, 5.74) is -0.402. The molecular formula is C18H21N5O3. The van der Waals surface area contributed by atoms with Crippen LogP contribution in [-0.2, 0) is 24.9 Å². The molecule has 1 N–H and O–H groups in total. The van der Waals surface area contributed by atoms with Gasteiger partial charge in [-0.05, 0) is 25.5 Å². The molecule has 8 heteroatoms. The van der Waals surface area contributed by atoms with Crippen molar-refractivity contribution in [1.29, 1.82) is 0 Å². The van der Waals surface area contributed by atoms with Gasteiger partial charge in [-0.3, -0.25) is 18.7 Å². The van der Waals surface area contributed by atoms with E-state index in [1.165, 1.54) is 4.57 Å². The highest BCUT2D eigenvalue weighted by atomic mass is 16.2. The number of hydrogen-bond donors (Lipinski definition) is 1. The van der Waals surface area contributed by atoms with Crippen LogP contribution in [0.2, 0.25) is 0 Å². The second-order valence-corrected chi connectivity index (χ2v) is 6.12. The van der Waals surface area contributed by atoms with Gasteiger partial charge in [0.1, 0.15) is 12.4 Å². The molecule has 0 radical (unpaired) electrons.